The van der Waals surface area contributed by atoms with Crippen molar-refractivity contribution in [2.45, 2.75) is 35.8 Å². The molecular formula is C21H23NO3S. The fourth-order valence-corrected chi connectivity index (χ4v) is 4.16. The van der Waals surface area contributed by atoms with Gasteiger partial charge in [0, 0.05) is 11.4 Å². The van der Waals surface area contributed by atoms with Crippen LogP contribution >= 0.6 is 11.8 Å². The molecule has 3 rings (SSSR count). The Balaban J connectivity index is 1.52. The van der Waals surface area contributed by atoms with Gasteiger partial charge < -0.3 is 10.4 Å². The summed E-state index contributed by atoms with van der Waals surface area (Å²) in [5, 5.41) is 11.5. The standard InChI is InChI=1S/C21H23NO3S/c1-14(21(24)25)26-19-10-6-5-9-18(19)20(23)22-13-15-11-17(12-15)16-7-3-2-4-8-16/h2-10,14-15,17H,11-13H2,1H3,(H,22,23)(H,24,25). The van der Waals surface area contributed by atoms with E-state index in [2.05, 4.69) is 29.6 Å². The van der Waals surface area contributed by atoms with Crippen molar-refractivity contribution in [2.75, 3.05) is 6.54 Å². The number of hydrogen-bond donors (Lipinski definition) is 2. The summed E-state index contributed by atoms with van der Waals surface area (Å²) in [7, 11) is 0. The molecular weight excluding hydrogens is 346 g/mol. The van der Waals surface area contributed by atoms with Gasteiger partial charge in [-0.2, -0.15) is 0 Å². The molecule has 5 heteroatoms. The zero-order chi connectivity index (χ0) is 18.5. The minimum atomic E-state index is -0.883. The molecule has 1 saturated carbocycles. The molecule has 0 bridgehead atoms. The lowest BCUT2D eigenvalue weighted by molar-refractivity contribution is -0.136. The van der Waals surface area contributed by atoms with Crippen LogP contribution in [0.5, 0.6) is 0 Å². The molecule has 2 aromatic carbocycles. The summed E-state index contributed by atoms with van der Waals surface area (Å²) < 4.78 is 0. The molecule has 4 nitrogen and oxygen atoms in total. The number of carboxylic acid groups (broad SMARTS) is 1. The van der Waals surface area contributed by atoms with Crippen molar-refractivity contribution < 1.29 is 14.7 Å². The van der Waals surface area contributed by atoms with E-state index >= 15 is 0 Å². The maximum atomic E-state index is 12.5. The molecule has 0 radical (unpaired) electrons. The van der Waals surface area contributed by atoms with Gasteiger partial charge in [0.25, 0.3) is 5.91 Å². The van der Waals surface area contributed by atoms with Gasteiger partial charge in [-0.15, -0.1) is 11.8 Å². The number of carboxylic acids is 1. The summed E-state index contributed by atoms with van der Waals surface area (Å²) in [6.45, 7) is 2.29. The van der Waals surface area contributed by atoms with Gasteiger partial charge in [0.15, 0.2) is 0 Å². The van der Waals surface area contributed by atoms with Gasteiger partial charge in [-0.05, 0) is 49.3 Å². The zero-order valence-corrected chi connectivity index (χ0v) is 15.5. The lowest BCUT2D eigenvalue weighted by Crippen LogP contribution is -2.35. The van der Waals surface area contributed by atoms with E-state index in [0.29, 0.717) is 28.8 Å². The first-order valence-corrected chi connectivity index (χ1v) is 9.74. The van der Waals surface area contributed by atoms with Crippen LogP contribution in [0.25, 0.3) is 0 Å². The third-order valence-corrected chi connectivity index (χ3v) is 6.01. The molecule has 1 aliphatic carbocycles. The summed E-state index contributed by atoms with van der Waals surface area (Å²) in [6.07, 6.45) is 2.19. The fraction of sp³-hybridized carbons (Fsp3) is 0.333. The molecule has 0 saturated heterocycles. The van der Waals surface area contributed by atoms with Crippen LogP contribution < -0.4 is 5.32 Å². The van der Waals surface area contributed by atoms with Crippen LogP contribution in [0.2, 0.25) is 0 Å². The largest absolute Gasteiger partial charge is 0.480 e. The molecule has 0 aliphatic heterocycles. The first-order valence-electron chi connectivity index (χ1n) is 8.86. The van der Waals surface area contributed by atoms with Gasteiger partial charge in [0.05, 0.1) is 5.56 Å². The Morgan fingerprint density at radius 1 is 1.12 bits per heavy atom. The van der Waals surface area contributed by atoms with E-state index in [-0.39, 0.29) is 5.91 Å². The molecule has 2 aromatic rings. The Morgan fingerprint density at radius 2 is 1.77 bits per heavy atom. The minimum absolute atomic E-state index is 0.131. The van der Waals surface area contributed by atoms with E-state index in [1.807, 2.05) is 12.1 Å². The van der Waals surface area contributed by atoms with Crippen LogP contribution in [0.1, 0.15) is 41.6 Å². The third kappa shape index (κ3) is 4.47. The Kier molecular flexibility index (Phi) is 5.99. The Hall–Kier alpha value is -2.27. The van der Waals surface area contributed by atoms with Crippen LogP contribution in [0.4, 0.5) is 0 Å². The lowest BCUT2D eigenvalue weighted by atomic mass is 9.71. The maximum Gasteiger partial charge on any atom is 0.316 e. The van der Waals surface area contributed by atoms with Gasteiger partial charge in [-0.3, -0.25) is 9.59 Å². The van der Waals surface area contributed by atoms with Crippen LogP contribution in [-0.4, -0.2) is 28.8 Å². The molecule has 136 valence electrons. The third-order valence-electron chi connectivity index (χ3n) is 4.84. The molecule has 0 aromatic heterocycles. The van der Waals surface area contributed by atoms with Crippen molar-refractivity contribution in [3.8, 4) is 0 Å². The van der Waals surface area contributed by atoms with Crippen molar-refractivity contribution in [3.05, 3.63) is 65.7 Å². The number of thioether (sulfide) groups is 1. The van der Waals surface area contributed by atoms with Gasteiger partial charge in [0.2, 0.25) is 0 Å². The molecule has 1 amide bonds. The normalized spacial score (nSPS) is 20.0. The van der Waals surface area contributed by atoms with Crippen molar-refractivity contribution in [1.82, 2.24) is 5.32 Å². The van der Waals surface area contributed by atoms with Crippen molar-refractivity contribution in [1.29, 1.82) is 0 Å². The summed E-state index contributed by atoms with van der Waals surface area (Å²) >= 11 is 1.20. The molecule has 26 heavy (non-hydrogen) atoms. The average Bonchev–Trinajstić information content (AvgIpc) is 2.61. The van der Waals surface area contributed by atoms with Crippen LogP contribution in [0.15, 0.2) is 59.5 Å². The van der Waals surface area contributed by atoms with E-state index in [1.165, 1.54) is 17.3 Å². The van der Waals surface area contributed by atoms with E-state index < -0.39 is 11.2 Å². The van der Waals surface area contributed by atoms with Gasteiger partial charge in [-0.1, -0.05) is 42.5 Å². The second-order valence-corrected chi connectivity index (χ2v) is 8.13. The fourth-order valence-electron chi connectivity index (χ4n) is 3.23. The van der Waals surface area contributed by atoms with Gasteiger partial charge >= 0.3 is 5.97 Å². The van der Waals surface area contributed by atoms with E-state index in [1.54, 1.807) is 25.1 Å². The van der Waals surface area contributed by atoms with Crippen LogP contribution in [0, 0.1) is 5.92 Å². The molecule has 2 N–H and O–H groups in total. The van der Waals surface area contributed by atoms with Crippen LogP contribution in [-0.2, 0) is 4.79 Å². The Morgan fingerprint density at radius 3 is 2.46 bits per heavy atom. The number of rotatable bonds is 7. The summed E-state index contributed by atoms with van der Waals surface area (Å²) in [6, 6.07) is 17.7. The van der Waals surface area contributed by atoms with E-state index in [4.69, 9.17) is 5.11 Å². The van der Waals surface area contributed by atoms with Gasteiger partial charge in [0.1, 0.15) is 5.25 Å². The van der Waals surface area contributed by atoms with Crippen molar-refractivity contribution in [2.24, 2.45) is 5.92 Å². The number of amides is 1. The Labute approximate surface area is 158 Å². The predicted octanol–water partition coefficient (Wildman–Crippen LogP) is 4.18. The number of benzene rings is 2. The molecule has 1 aliphatic rings. The summed E-state index contributed by atoms with van der Waals surface area (Å²) in [5.41, 5.74) is 1.92. The number of carbonyl (C=O) groups excluding carboxylic acids is 1. The molecule has 0 spiro atoms. The highest BCUT2D eigenvalue weighted by Crippen LogP contribution is 2.41. The zero-order valence-electron chi connectivity index (χ0n) is 14.7. The quantitative estimate of drug-likeness (QED) is 0.719. The highest BCUT2D eigenvalue weighted by atomic mass is 32.2. The van der Waals surface area contributed by atoms with Gasteiger partial charge in [-0.25, -0.2) is 0 Å². The number of aliphatic carboxylic acids is 1. The monoisotopic (exact) mass is 369 g/mol. The predicted molar refractivity (Wildman–Crippen MR) is 104 cm³/mol. The van der Waals surface area contributed by atoms with E-state index in [9.17, 15) is 9.59 Å². The second kappa shape index (κ2) is 8.41. The molecule has 1 unspecified atom stereocenters. The lowest BCUT2D eigenvalue weighted by Gasteiger charge is -2.35. The van der Waals surface area contributed by atoms with Crippen LogP contribution in [0.3, 0.4) is 0 Å². The molecule has 1 fully saturated rings. The molecule has 1 atom stereocenters. The SMILES string of the molecule is CC(Sc1ccccc1C(=O)NCC1CC(c2ccccc2)C1)C(=O)O. The minimum Gasteiger partial charge on any atom is -0.480 e. The number of carbonyl (C=O) groups is 2. The second-order valence-electron chi connectivity index (χ2n) is 6.75. The highest BCUT2D eigenvalue weighted by Gasteiger charge is 2.30. The first-order chi connectivity index (χ1) is 12.5. The molecule has 0 heterocycles. The maximum absolute atomic E-state index is 12.5. The Bertz CT molecular complexity index is 772. The topological polar surface area (TPSA) is 66.4 Å². The van der Waals surface area contributed by atoms with Crippen molar-refractivity contribution >= 4 is 23.6 Å². The summed E-state index contributed by atoms with van der Waals surface area (Å²) in [5.74, 6) is 0.0831. The number of hydrogen-bond acceptors (Lipinski definition) is 3. The smallest absolute Gasteiger partial charge is 0.316 e. The first kappa shape index (κ1) is 18.5. The number of nitrogens with one attached hydrogen (secondary N) is 1. The average molecular weight is 369 g/mol. The highest BCUT2D eigenvalue weighted by molar-refractivity contribution is 8.00. The van der Waals surface area contributed by atoms with Crippen molar-refractivity contribution in [3.63, 3.8) is 0 Å². The summed E-state index contributed by atoms with van der Waals surface area (Å²) in [4.78, 5) is 24.3. The van der Waals surface area contributed by atoms with E-state index in [0.717, 1.165) is 12.8 Å².